The van der Waals surface area contributed by atoms with Crippen molar-refractivity contribution in [2.45, 2.75) is 38.1 Å². The number of β-lactam (4-membered cyclic amide) rings is 1. The van der Waals surface area contributed by atoms with Crippen LogP contribution in [0.4, 0.5) is 9.93 Å². The second kappa shape index (κ2) is 13.2. The van der Waals surface area contributed by atoms with E-state index in [4.69, 9.17) is 10.6 Å². The summed E-state index contributed by atoms with van der Waals surface area (Å²) in [5, 5.41) is 48.6. The largest absolute Gasteiger partial charge is 0.503 e. The van der Waals surface area contributed by atoms with Gasteiger partial charge in [-0.25, -0.2) is 24.1 Å². The number of aromatic nitrogens is 5. The molecular formula is C23H26N10O13S2. The molecule has 1 fully saturated rings. The van der Waals surface area contributed by atoms with Crippen LogP contribution in [-0.4, -0.2) is 118 Å². The van der Waals surface area contributed by atoms with E-state index < -0.39 is 99.9 Å². The van der Waals surface area contributed by atoms with Gasteiger partial charge in [0.15, 0.2) is 22.4 Å². The number of aliphatic hydroxyl groups is 2. The molecule has 23 nitrogen and oxygen atoms in total. The number of amides is 4. The summed E-state index contributed by atoms with van der Waals surface area (Å²) in [6.07, 6.45) is -0.778. The number of likely N-dealkylation sites (tertiary alicyclic amines) is 1. The van der Waals surface area contributed by atoms with Gasteiger partial charge in [-0.1, -0.05) is 9.24 Å². The summed E-state index contributed by atoms with van der Waals surface area (Å²) in [7, 11) is -5.22. The number of carboxylic acids is 1. The van der Waals surface area contributed by atoms with Gasteiger partial charge < -0.3 is 41.3 Å². The number of aromatic hydroxyl groups is 1. The van der Waals surface area contributed by atoms with Crippen molar-refractivity contribution < 1.29 is 52.9 Å². The predicted molar refractivity (Wildman–Crippen MR) is 160 cm³/mol. The normalized spacial score (nSPS) is 15.8. The van der Waals surface area contributed by atoms with Crippen LogP contribution in [0.15, 0.2) is 32.4 Å². The lowest BCUT2D eigenvalue weighted by molar-refractivity contribution is -0.161. The van der Waals surface area contributed by atoms with Gasteiger partial charge >= 0.3 is 27.9 Å². The monoisotopic (exact) mass is 714 g/mol. The number of carbonyl (C=O) groups is 4. The quantitative estimate of drug-likeness (QED) is 0.0502. The van der Waals surface area contributed by atoms with Gasteiger partial charge in [-0.15, -0.1) is 16.4 Å². The zero-order valence-electron chi connectivity index (χ0n) is 24.5. The van der Waals surface area contributed by atoms with Gasteiger partial charge in [-0.2, -0.15) is 8.42 Å². The third-order valence-electron chi connectivity index (χ3n) is 6.36. The Morgan fingerprint density at radius 1 is 1.29 bits per heavy atom. The van der Waals surface area contributed by atoms with E-state index >= 15 is 0 Å². The van der Waals surface area contributed by atoms with E-state index in [9.17, 15) is 57.6 Å². The number of rotatable bonds is 12. The van der Waals surface area contributed by atoms with Crippen molar-refractivity contribution in [2.75, 3.05) is 18.9 Å². The molecule has 4 rings (SSSR count). The number of aliphatic carboxylic acids is 1. The molecule has 0 aliphatic carbocycles. The van der Waals surface area contributed by atoms with E-state index in [0.29, 0.717) is 9.47 Å². The van der Waals surface area contributed by atoms with Crippen LogP contribution < -0.4 is 26.9 Å². The van der Waals surface area contributed by atoms with Crippen LogP contribution in [0.5, 0.6) is 5.75 Å². The number of oxime groups is 1. The van der Waals surface area contributed by atoms with Gasteiger partial charge in [-0.3, -0.25) is 23.9 Å². The highest BCUT2D eigenvalue weighted by atomic mass is 32.2. The van der Waals surface area contributed by atoms with Crippen molar-refractivity contribution in [1.82, 2.24) is 38.7 Å². The first kappa shape index (κ1) is 35.2. The van der Waals surface area contributed by atoms with E-state index in [-0.39, 0.29) is 20.6 Å². The van der Waals surface area contributed by atoms with Crippen LogP contribution in [0.2, 0.25) is 0 Å². The standard InChI is InChI=1S/C23H26N10O13S2/c1-23(2,19(40)41)46-29-15(12-8-47-20(24)27-12)17(38)26-11-6-32(18(11)39)21(42)30-48(44,45)33-22(43)31(5-9(35)7-34)16(28-33)10-3-13(36)14(37)4-25-10/h3-4,8-9,11,34-35,37H,5-7H2,1-2H3,(H2,24,27)(H,25,36)(H,26,38)(H,30,42)(H,40,41)/b29-15-/t9?,11-/m0/s1. The van der Waals surface area contributed by atoms with Gasteiger partial charge in [0.2, 0.25) is 11.0 Å². The van der Waals surface area contributed by atoms with Gasteiger partial charge in [-0.05, 0) is 13.8 Å². The Balaban J connectivity index is 1.52. The fourth-order valence-electron chi connectivity index (χ4n) is 3.71. The van der Waals surface area contributed by atoms with E-state index in [1.165, 1.54) is 10.1 Å². The molecule has 48 heavy (non-hydrogen) atoms. The van der Waals surface area contributed by atoms with Crippen LogP contribution >= 0.6 is 11.3 Å². The minimum absolute atomic E-state index is 0.0174. The summed E-state index contributed by atoms with van der Waals surface area (Å²) in [5.41, 5.74) is 0.324. The summed E-state index contributed by atoms with van der Waals surface area (Å²) >= 11 is 0.913. The highest BCUT2D eigenvalue weighted by Crippen LogP contribution is 2.18. The smallest absolute Gasteiger partial charge is 0.362 e. The summed E-state index contributed by atoms with van der Waals surface area (Å²) < 4.78 is 27.9. The molecule has 4 heterocycles. The highest BCUT2D eigenvalue weighted by Gasteiger charge is 2.44. The Hall–Kier alpha value is -5.66. The minimum Gasteiger partial charge on any atom is -0.503 e. The molecule has 258 valence electrons. The Labute approximate surface area is 271 Å². The van der Waals surface area contributed by atoms with Crippen LogP contribution in [0, 0.1) is 0 Å². The van der Waals surface area contributed by atoms with Crippen molar-refractivity contribution in [3.05, 3.63) is 44.0 Å². The van der Waals surface area contributed by atoms with E-state index in [0.717, 1.165) is 37.4 Å². The lowest BCUT2D eigenvalue weighted by atomic mass is 10.1. The summed E-state index contributed by atoms with van der Waals surface area (Å²) in [4.78, 5) is 86.4. The van der Waals surface area contributed by atoms with Gasteiger partial charge in [0, 0.05) is 17.6 Å². The van der Waals surface area contributed by atoms with Crippen molar-refractivity contribution in [2.24, 2.45) is 5.16 Å². The zero-order chi connectivity index (χ0) is 35.7. The number of urea groups is 1. The summed E-state index contributed by atoms with van der Waals surface area (Å²) in [6, 6.07) is -2.20. The van der Waals surface area contributed by atoms with E-state index in [1.807, 2.05) is 0 Å². The number of nitrogens with zero attached hydrogens (tertiary/aromatic N) is 6. The maximum absolute atomic E-state index is 13.0. The van der Waals surface area contributed by atoms with Crippen molar-refractivity contribution >= 4 is 56.2 Å². The second-order valence-corrected chi connectivity index (χ2v) is 12.7. The topological polar surface area (TPSA) is 344 Å². The van der Waals surface area contributed by atoms with Gasteiger partial charge in [0.05, 0.1) is 31.5 Å². The molecule has 1 aliphatic rings. The van der Waals surface area contributed by atoms with Crippen molar-refractivity contribution in [1.29, 1.82) is 0 Å². The average Bonchev–Trinajstić information content (AvgIpc) is 3.58. The number of hydrogen-bond donors (Lipinski definition) is 8. The number of carboxylic acid groups (broad SMARTS) is 1. The molecule has 9 N–H and O–H groups in total. The number of anilines is 1. The first-order chi connectivity index (χ1) is 22.4. The van der Waals surface area contributed by atoms with Crippen LogP contribution in [0.1, 0.15) is 19.5 Å². The van der Waals surface area contributed by atoms with Crippen LogP contribution in [0.3, 0.4) is 0 Å². The molecule has 0 spiro atoms. The fraction of sp³-hybridized carbons (Fsp3) is 0.348. The molecule has 2 atom stereocenters. The number of aliphatic hydroxyl groups excluding tert-OH is 2. The molecule has 0 radical (unpaired) electrons. The summed E-state index contributed by atoms with van der Waals surface area (Å²) in [6.45, 7) is 0.137. The number of H-pyrrole nitrogens is 1. The average molecular weight is 715 g/mol. The molecule has 4 amide bonds. The highest BCUT2D eigenvalue weighted by molar-refractivity contribution is 7.88. The third kappa shape index (κ3) is 7.17. The molecule has 1 aliphatic heterocycles. The Morgan fingerprint density at radius 3 is 2.54 bits per heavy atom. The first-order valence-electron chi connectivity index (χ1n) is 13.2. The number of thiazole rings is 1. The maximum Gasteiger partial charge on any atom is 0.362 e. The number of imide groups is 1. The molecule has 1 saturated heterocycles. The first-order valence-corrected chi connectivity index (χ1v) is 15.5. The number of nitrogen functional groups attached to an aromatic ring is 1. The number of nitrogens with one attached hydrogen (secondary N) is 3. The lowest BCUT2D eigenvalue weighted by Gasteiger charge is -2.36. The van der Waals surface area contributed by atoms with Crippen molar-refractivity contribution in [3.8, 4) is 17.3 Å². The molecular weight excluding hydrogens is 688 g/mol. The van der Waals surface area contributed by atoms with Gasteiger partial charge in [0.1, 0.15) is 11.7 Å². The Bertz CT molecular complexity index is 2050. The fourth-order valence-corrected chi connectivity index (χ4v) is 5.16. The molecule has 0 bridgehead atoms. The number of aromatic amines is 1. The Morgan fingerprint density at radius 2 is 1.98 bits per heavy atom. The number of pyridine rings is 1. The third-order valence-corrected chi connectivity index (χ3v) is 8.16. The molecule has 3 aromatic rings. The molecule has 0 aromatic carbocycles. The van der Waals surface area contributed by atoms with E-state index in [1.54, 1.807) is 0 Å². The van der Waals surface area contributed by atoms with E-state index in [2.05, 4.69) is 25.5 Å². The SMILES string of the molecule is CC(C)(O/N=C(\C(=O)N[C@H]1CN(C(=O)NS(=O)(=O)n2nc(-c3cc(=O)c(O)c[nH]3)n(CC(O)CO)c2=O)C1=O)c1csc(N)n1)C(=O)O. The van der Waals surface area contributed by atoms with Gasteiger partial charge in [0.25, 0.3) is 11.8 Å². The lowest BCUT2D eigenvalue weighted by Crippen LogP contribution is -2.68. The number of carbonyl (C=O) groups excluding carboxylic acids is 3. The zero-order valence-corrected chi connectivity index (χ0v) is 26.2. The van der Waals surface area contributed by atoms with Crippen LogP contribution in [0.25, 0.3) is 11.5 Å². The molecule has 1 unspecified atom stereocenters. The maximum atomic E-state index is 13.0. The molecule has 3 aromatic heterocycles. The van der Waals surface area contributed by atoms with Crippen molar-refractivity contribution in [3.63, 3.8) is 0 Å². The summed E-state index contributed by atoms with van der Waals surface area (Å²) in [5.74, 6) is -4.89. The number of nitrogens with two attached hydrogens (primary N) is 1. The number of hydrogen-bond acceptors (Lipinski definition) is 17. The molecule has 25 heteroatoms. The Kier molecular flexibility index (Phi) is 9.69. The predicted octanol–water partition coefficient (Wildman–Crippen LogP) is -4.09. The second-order valence-electron chi connectivity index (χ2n) is 10.3. The molecule has 0 saturated carbocycles. The van der Waals surface area contributed by atoms with Crippen LogP contribution in [-0.2, 0) is 36.0 Å². The minimum atomic E-state index is -5.22.